The standard InChI is InChI=1S/C32H38N6O7S2/c1-20(45-22-8-6-5-7-9-22)31(42)36-11-13-37(14-12-36)32-33-24-17-27(44-4)26(43-3)16-23(24)29(35-32)34-30(41)25-18-46-19-38(25)28(40)10-15-47-21(2)39/h5-9,16-17,20,25H,10-15,18-19H2,1-4H3,(H,33,34,35,41). The highest BCUT2D eigenvalue weighted by molar-refractivity contribution is 8.13. The Kier molecular flexibility index (Phi) is 11.3. The lowest BCUT2D eigenvalue weighted by molar-refractivity contribution is -0.138. The molecule has 2 fully saturated rings. The third kappa shape index (κ3) is 8.19. The Hall–Kier alpha value is -4.24. The van der Waals surface area contributed by atoms with Crippen LogP contribution in [0.15, 0.2) is 42.5 Å². The fourth-order valence-electron chi connectivity index (χ4n) is 5.35. The molecule has 2 aliphatic heterocycles. The Balaban J connectivity index is 1.34. The molecule has 15 heteroatoms. The van der Waals surface area contributed by atoms with Gasteiger partial charge < -0.3 is 34.2 Å². The first-order valence-corrected chi connectivity index (χ1v) is 17.3. The second-order valence-electron chi connectivity index (χ2n) is 10.9. The Bertz CT molecular complexity index is 1620. The highest BCUT2D eigenvalue weighted by Gasteiger charge is 2.35. The predicted molar refractivity (Wildman–Crippen MR) is 182 cm³/mol. The molecule has 0 radical (unpaired) electrons. The highest BCUT2D eigenvalue weighted by atomic mass is 32.2. The van der Waals surface area contributed by atoms with Gasteiger partial charge >= 0.3 is 0 Å². The number of benzene rings is 2. The molecule has 2 aromatic carbocycles. The summed E-state index contributed by atoms with van der Waals surface area (Å²) in [4.78, 5) is 65.9. The van der Waals surface area contributed by atoms with E-state index in [2.05, 4.69) is 5.32 Å². The van der Waals surface area contributed by atoms with Gasteiger partial charge in [-0.15, -0.1) is 11.8 Å². The number of aromatic nitrogens is 2. The summed E-state index contributed by atoms with van der Waals surface area (Å²) in [6.45, 7) is 5.02. The molecule has 5 rings (SSSR count). The van der Waals surface area contributed by atoms with Gasteiger partial charge in [-0.3, -0.25) is 19.2 Å². The molecular weight excluding hydrogens is 645 g/mol. The average molecular weight is 683 g/mol. The number of carbonyl (C=O) groups excluding carboxylic acids is 4. The van der Waals surface area contributed by atoms with Gasteiger partial charge in [0.15, 0.2) is 22.7 Å². The molecule has 2 aliphatic rings. The summed E-state index contributed by atoms with van der Waals surface area (Å²) in [5.41, 5.74) is 0.529. The smallest absolute Gasteiger partial charge is 0.263 e. The molecule has 2 unspecified atom stereocenters. The molecule has 0 spiro atoms. The first-order chi connectivity index (χ1) is 22.7. The second kappa shape index (κ2) is 15.6. The summed E-state index contributed by atoms with van der Waals surface area (Å²) >= 11 is 2.59. The number of hydrogen-bond donors (Lipinski definition) is 1. The summed E-state index contributed by atoms with van der Waals surface area (Å²) in [5, 5.41) is 3.45. The van der Waals surface area contributed by atoms with Crippen molar-refractivity contribution in [2.45, 2.75) is 32.4 Å². The number of piperazine rings is 1. The first kappa shape index (κ1) is 34.1. The quantitative estimate of drug-likeness (QED) is 0.317. The summed E-state index contributed by atoms with van der Waals surface area (Å²) in [6, 6.07) is 12.0. The molecule has 0 aliphatic carbocycles. The van der Waals surface area contributed by atoms with Crippen molar-refractivity contribution in [2.24, 2.45) is 0 Å². The number of ether oxygens (including phenoxy) is 3. The molecule has 47 heavy (non-hydrogen) atoms. The molecular formula is C32H38N6O7S2. The van der Waals surface area contributed by atoms with Crippen molar-refractivity contribution in [1.29, 1.82) is 0 Å². The van der Waals surface area contributed by atoms with Crippen molar-refractivity contribution >= 4 is 69.0 Å². The van der Waals surface area contributed by atoms with E-state index < -0.39 is 12.1 Å². The van der Waals surface area contributed by atoms with Crippen LogP contribution in [0.3, 0.4) is 0 Å². The maximum absolute atomic E-state index is 13.7. The van der Waals surface area contributed by atoms with Gasteiger partial charge in [0.1, 0.15) is 17.6 Å². The maximum atomic E-state index is 13.7. The van der Waals surface area contributed by atoms with Gasteiger partial charge in [0, 0.05) is 62.5 Å². The zero-order valence-electron chi connectivity index (χ0n) is 26.8. The van der Waals surface area contributed by atoms with Crippen LogP contribution in [-0.4, -0.2) is 113 Å². The molecule has 0 bridgehead atoms. The van der Waals surface area contributed by atoms with E-state index in [4.69, 9.17) is 24.2 Å². The summed E-state index contributed by atoms with van der Waals surface area (Å²) in [5.74, 6) is 2.74. The average Bonchev–Trinajstić information content (AvgIpc) is 3.58. The molecule has 3 heterocycles. The van der Waals surface area contributed by atoms with Crippen molar-refractivity contribution < 1.29 is 33.4 Å². The van der Waals surface area contributed by atoms with Gasteiger partial charge in [0.25, 0.3) is 5.91 Å². The van der Waals surface area contributed by atoms with E-state index in [0.29, 0.717) is 77.7 Å². The van der Waals surface area contributed by atoms with E-state index in [0.717, 1.165) is 11.8 Å². The summed E-state index contributed by atoms with van der Waals surface area (Å²) in [7, 11) is 3.05. The van der Waals surface area contributed by atoms with Crippen molar-refractivity contribution in [3.63, 3.8) is 0 Å². The number of fused-ring (bicyclic) bond motifs is 1. The van der Waals surface area contributed by atoms with E-state index >= 15 is 0 Å². The lowest BCUT2D eigenvalue weighted by Gasteiger charge is -2.36. The second-order valence-corrected chi connectivity index (χ2v) is 13.2. The van der Waals surface area contributed by atoms with E-state index in [9.17, 15) is 19.2 Å². The van der Waals surface area contributed by atoms with E-state index in [-0.39, 0.29) is 35.1 Å². The minimum Gasteiger partial charge on any atom is -0.493 e. The zero-order valence-corrected chi connectivity index (χ0v) is 28.4. The van der Waals surface area contributed by atoms with Crippen LogP contribution in [0.4, 0.5) is 11.8 Å². The number of thioether (sulfide) groups is 2. The van der Waals surface area contributed by atoms with Gasteiger partial charge in [-0.05, 0) is 25.1 Å². The third-order valence-corrected chi connectivity index (χ3v) is 9.66. The molecule has 1 N–H and O–H groups in total. The lowest BCUT2D eigenvalue weighted by atomic mass is 10.2. The van der Waals surface area contributed by atoms with Crippen LogP contribution in [0.25, 0.3) is 10.9 Å². The number of para-hydroxylation sites is 1. The SMILES string of the molecule is COc1cc2nc(N3CCN(C(=O)C(C)Oc4ccccc4)CC3)nc(NC(=O)C3CSCN3C(=O)CCSC(C)=O)c2cc1OC. The molecule has 3 amide bonds. The molecule has 2 saturated heterocycles. The molecule has 250 valence electrons. The number of hydrogen-bond acceptors (Lipinski definition) is 12. The summed E-state index contributed by atoms with van der Waals surface area (Å²) in [6.07, 6.45) is -0.476. The van der Waals surface area contributed by atoms with Crippen LogP contribution in [-0.2, 0) is 19.2 Å². The third-order valence-electron chi connectivity index (χ3n) is 7.84. The predicted octanol–water partition coefficient (Wildman–Crippen LogP) is 3.27. The fraction of sp³-hybridized carbons (Fsp3) is 0.438. The van der Waals surface area contributed by atoms with Crippen LogP contribution < -0.4 is 24.4 Å². The van der Waals surface area contributed by atoms with Crippen molar-refractivity contribution in [2.75, 3.05) is 68.0 Å². The number of nitrogens with one attached hydrogen (secondary N) is 1. The van der Waals surface area contributed by atoms with Crippen molar-refractivity contribution in [3.8, 4) is 17.2 Å². The van der Waals surface area contributed by atoms with Gasteiger partial charge in [0.2, 0.25) is 17.8 Å². The van der Waals surface area contributed by atoms with Gasteiger partial charge in [0.05, 0.1) is 25.6 Å². The monoisotopic (exact) mass is 682 g/mol. The highest BCUT2D eigenvalue weighted by Crippen LogP contribution is 2.35. The Morgan fingerprint density at radius 3 is 2.40 bits per heavy atom. The van der Waals surface area contributed by atoms with Crippen molar-refractivity contribution in [1.82, 2.24) is 19.8 Å². The minimum atomic E-state index is -0.696. The number of rotatable bonds is 11. The Morgan fingerprint density at radius 1 is 1.02 bits per heavy atom. The number of methoxy groups -OCH3 is 2. The van der Waals surface area contributed by atoms with E-state index in [1.54, 1.807) is 28.9 Å². The van der Waals surface area contributed by atoms with Crippen LogP contribution in [0.1, 0.15) is 20.3 Å². The normalized spacial score (nSPS) is 16.9. The van der Waals surface area contributed by atoms with Gasteiger partial charge in [-0.1, -0.05) is 30.0 Å². The number of amides is 3. The lowest BCUT2D eigenvalue weighted by Crippen LogP contribution is -2.52. The number of carbonyl (C=O) groups is 4. The zero-order chi connectivity index (χ0) is 33.5. The first-order valence-electron chi connectivity index (χ1n) is 15.2. The minimum absolute atomic E-state index is 0.0546. The van der Waals surface area contributed by atoms with Crippen LogP contribution in [0.5, 0.6) is 17.2 Å². The maximum Gasteiger partial charge on any atom is 0.263 e. The topological polar surface area (TPSA) is 144 Å². The molecule has 3 aromatic rings. The van der Waals surface area contributed by atoms with E-state index in [1.165, 1.54) is 32.9 Å². The number of nitrogens with zero attached hydrogens (tertiary/aromatic N) is 5. The molecule has 2 atom stereocenters. The van der Waals surface area contributed by atoms with Crippen LogP contribution in [0, 0.1) is 0 Å². The van der Waals surface area contributed by atoms with E-state index in [1.807, 2.05) is 35.2 Å². The largest absolute Gasteiger partial charge is 0.493 e. The van der Waals surface area contributed by atoms with Gasteiger partial charge in [-0.2, -0.15) is 4.98 Å². The molecule has 0 saturated carbocycles. The molecule has 13 nitrogen and oxygen atoms in total. The Labute approximate surface area is 281 Å². The summed E-state index contributed by atoms with van der Waals surface area (Å²) < 4.78 is 16.9. The van der Waals surface area contributed by atoms with Gasteiger partial charge in [-0.25, -0.2) is 4.98 Å². The molecule has 1 aromatic heterocycles. The fourth-order valence-corrected chi connectivity index (χ4v) is 7.09. The Morgan fingerprint density at radius 2 is 1.72 bits per heavy atom. The van der Waals surface area contributed by atoms with Crippen LogP contribution >= 0.6 is 23.5 Å². The van der Waals surface area contributed by atoms with Crippen LogP contribution in [0.2, 0.25) is 0 Å². The number of anilines is 2. The van der Waals surface area contributed by atoms with Crippen molar-refractivity contribution in [3.05, 3.63) is 42.5 Å².